The van der Waals surface area contributed by atoms with Crippen molar-refractivity contribution < 1.29 is 40.6 Å². The fraction of sp³-hybridized carbons (Fsp3) is 0.200. The number of alkyl halides is 6. The molecule has 0 spiro atoms. The van der Waals surface area contributed by atoms with Gasteiger partial charge in [0.05, 0.1) is 23.1 Å². The van der Waals surface area contributed by atoms with Gasteiger partial charge >= 0.3 is 12.4 Å². The zero-order valence-electron chi connectivity index (χ0n) is 16.1. The molecule has 1 aliphatic heterocycles. The Hall–Kier alpha value is -2.73. The predicted molar refractivity (Wildman–Crippen MR) is 110 cm³/mol. The highest BCUT2D eigenvalue weighted by atomic mass is 32.2. The zero-order chi connectivity index (χ0) is 23.7. The van der Waals surface area contributed by atoms with Crippen LogP contribution in [0.2, 0.25) is 0 Å². The number of halogens is 6. The third kappa shape index (κ3) is 5.54. The maximum Gasteiger partial charge on any atom is 0.416 e. The topological polar surface area (TPSA) is 47.6 Å². The van der Waals surface area contributed by atoms with Gasteiger partial charge in [0.25, 0.3) is 5.91 Å². The van der Waals surface area contributed by atoms with Gasteiger partial charge in [0.2, 0.25) is 0 Å². The van der Waals surface area contributed by atoms with Crippen LogP contribution in [0, 0.1) is 0 Å². The molecule has 2 aromatic rings. The zero-order valence-corrected chi connectivity index (χ0v) is 17.7. The number of carbonyl (C=O) groups is 1. The molecule has 1 amide bonds. The summed E-state index contributed by atoms with van der Waals surface area (Å²) in [6.45, 7) is -0.643. The van der Waals surface area contributed by atoms with Crippen LogP contribution in [-0.2, 0) is 23.8 Å². The number of ether oxygens (including phenoxy) is 2. The van der Waals surface area contributed by atoms with E-state index in [1.165, 1.54) is 25.3 Å². The number of thiocarbonyl (C=S) groups is 1. The summed E-state index contributed by atoms with van der Waals surface area (Å²) in [4.78, 5) is 12.1. The largest absolute Gasteiger partial charge is 0.493 e. The number of methoxy groups -OCH3 is 1. The maximum absolute atomic E-state index is 13.3. The molecule has 170 valence electrons. The highest BCUT2D eigenvalue weighted by Gasteiger charge is 2.38. The van der Waals surface area contributed by atoms with Gasteiger partial charge in [0.15, 0.2) is 11.5 Å². The van der Waals surface area contributed by atoms with Gasteiger partial charge in [-0.05, 0) is 35.9 Å². The lowest BCUT2D eigenvalue weighted by atomic mass is 10.0. The molecule has 12 heteroatoms. The minimum atomic E-state index is -5.00. The molecular weight excluding hydrogens is 480 g/mol. The van der Waals surface area contributed by atoms with Crippen molar-refractivity contribution in [3.05, 3.63) is 63.6 Å². The molecule has 32 heavy (non-hydrogen) atoms. The molecule has 1 fully saturated rings. The van der Waals surface area contributed by atoms with Crippen LogP contribution in [0.5, 0.6) is 11.5 Å². The van der Waals surface area contributed by atoms with E-state index in [0.717, 1.165) is 17.8 Å². The second-order valence-electron chi connectivity index (χ2n) is 6.42. The van der Waals surface area contributed by atoms with Gasteiger partial charge < -0.3 is 14.8 Å². The smallest absolute Gasteiger partial charge is 0.416 e. The maximum atomic E-state index is 13.3. The van der Waals surface area contributed by atoms with Crippen molar-refractivity contribution in [3.8, 4) is 11.5 Å². The molecule has 0 unspecified atom stereocenters. The summed E-state index contributed by atoms with van der Waals surface area (Å²) in [6, 6.07) is 5.80. The lowest BCUT2D eigenvalue weighted by Gasteiger charge is -2.17. The molecule has 0 bridgehead atoms. The lowest BCUT2D eigenvalue weighted by Crippen LogP contribution is -2.17. The Morgan fingerprint density at radius 2 is 1.75 bits per heavy atom. The van der Waals surface area contributed by atoms with E-state index in [1.54, 1.807) is 6.08 Å². The molecule has 1 N–H and O–H groups in total. The average Bonchev–Trinajstić information content (AvgIpc) is 3.01. The van der Waals surface area contributed by atoms with Gasteiger partial charge in [-0.2, -0.15) is 26.3 Å². The van der Waals surface area contributed by atoms with Crippen LogP contribution in [0.4, 0.5) is 26.3 Å². The number of benzene rings is 2. The summed E-state index contributed by atoms with van der Waals surface area (Å²) in [5.41, 5.74) is -2.77. The first-order valence-electron chi connectivity index (χ1n) is 8.71. The van der Waals surface area contributed by atoms with Crippen molar-refractivity contribution in [3.63, 3.8) is 0 Å². The van der Waals surface area contributed by atoms with E-state index in [2.05, 4.69) is 5.32 Å². The normalized spacial score (nSPS) is 15.8. The quantitative estimate of drug-likeness (QED) is 0.324. The summed E-state index contributed by atoms with van der Waals surface area (Å²) in [6.07, 6.45) is -8.37. The highest BCUT2D eigenvalue weighted by Crippen LogP contribution is 2.38. The van der Waals surface area contributed by atoms with E-state index in [1.807, 2.05) is 0 Å². The van der Waals surface area contributed by atoms with Crippen molar-refractivity contribution in [1.82, 2.24) is 5.32 Å². The first-order valence-corrected chi connectivity index (χ1v) is 9.94. The van der Waals surface area contributed by atoms with Crippen molar-refractivity contribution >= 4 is 40.3 Å². The van der Waals surface area contributed by atoms with Crippen LogP contribution in [0.3, 0.4) is 0 Å². The second kappa shape index (κ2) is 9.02. The van der Waals surface area contributed by atoms with Crippen LogP contribution in [-0.4, -0.2) is 17.3 Å². The van der Waals surface area contributed by atoms with Gasteiger partial charge in [0, 0.05) is 5.56 Å². The molecule has 4 nitrogen and oxygen atoms in total. The van der Waals surface area contributed by atoms with Crippen LogP contribution in [0.1, 0.15) is 22.3 Å². The standard InChI is InChI=1S/C20H13F6NO3S2/c1-29-15-6-10(7-16-17(28)27-18(31)32-16)2-5-14(15)30-9-11-3-4-12(19(21,22)23)8-13(11)20(24,25)26/h2-8H,9H2,1H3,(H,27,28,31)/b16-7+. The minimum Gasteiger partial charge on any atom is -0.493 e. The molecule has 2 aromatic carbocycles. The second-order valence-corrected chi connectivity index (χ2v) is 8.14. The minimum absolute atomic E-state index is 0.0555. The van der Waals surface area contributed by atoms with E-state index < -0.39 is 35.6 Å². The first kappa shape index (κ1) is 23.9. The molecule has 1 heterocycles. The molecule has 0 aliphatic carbocycles. The van der Waals surface area contributed by atoms with Gasteiger partial charge in [-0.15, -0.1) is 0 Å². The van der Waals surface area contributed by atoms with E-state index in [4.69, 9.17) is 21.7 Å². The van der Waals surface area contributed by atoms with Crippen molar-refractivity contribution in [2.75, 3.05) is 7.11 Å². The highest BCUT2D eigenvalue weighted by molar-refractivity contribution is 8.26. The Morgan fingerprint density at radius 1 is 1.03 bits per heavy atom. The number of amides is 1. The van der Waals surface area contributed by atoms with E-state index in [9.17, 15) is 31.1 Å². The molecule has 0 saturated carbocycles. The third-order valence-electron chi connectivity index (χ3n) is 4.25. The number of rotatable bonds is 5. The van der Waals surface area contributed by atoms with Gasteiger partial charge in [-0.25, -0.2) is 0 Å². The number of thioether (sulfide) groups is 1. The van der Waals surface area contributed by atoms with Crippen molar-refractivity contribution in [1.29, 1.82) is 0 Å². The molecule has 0 atom stereocenters. The van der Waals surface area contributed by atoms with Crippen molar-refractivity contribution in [2.45, 2.75) is 19.0 Å². The van der Waals surface area contributed by atoms with Crippen LogP contribution in [0.15, 0.2) is 41.3 Å². The third-order valence-corrected chi connectivity index (χ3v) is 5.42. The van der Waals surface area contributed by atoms with Gasteiger partial charge in [-0.1, -0.05) is 36.1 Å². The van der Waals surface area contributed by atoms with Crippen molar-refractivity contribution in [2.24, 2.45) is 0 Å². The molecule has 0 radical (unpaired) electrons. The van der Waals surface area contributed by atoms with Crippen LogP contribution < -0.4 is 14.8 Å². The van der Waals surface area contributed by atoms with Gasteiger partial charge in [0.1, 0.15) is 10.9 Å². The van der Waals surface area contributed by atoms with E-state index in [0.29, 0.717) is 20.9 Å². The van der Waals surface area contributed by atoms with Crippen LogP contribution >= 0.6 is 24.0 Å². The number of hydrogen-bond donors (Lipinski definition) is 1. The Bertz CT molecular complexity index is 1100. The predicted octanol–water partition coefficient (Wildman–Crippen LogP) is 5.80. The number of nitrogens with one attached hydrogen (secondary N) is 1. The molecule has 3 rings (SSSR count). The summed E-state index contributed by atoms with van der Waals surface area (Å²) < 4.78 is 89.2. The molecule has 0 aromatic heterocycles. The fourth-order valence-electron chi connectivity index (χ4n) is 2.76. The van der Waals surface area contributed by atoms with E-state index >= 15 is 0 Å². The lowest BCUT2D eigenvalue weighted by molar-refractivity contribution is -0.143. The van der Waals surface area contributed by atoms with E-state index in [-0.39, 0.29) is 23.5 Å². The summed E-state index contributed by atoms with van der Waals surface area (Å²) in [5.74, 6) is -0.131. The first-order chi connectivity index (χ1) is 14.9. The Labute approximate surface area is 187 Å². The Morgan fingerprint density at radius 3 is 2.31 bits per heavy atom. The number of hydrogen-bond acceptors (Lipinski definition) is 5. The summed E-state index contributed by atoms with van der Waals surface area (Å²) in [5, 5.41) is 2.47. The number of carbonyl (C=O) groups excluding carboxylic acids is 1. The summed E-state index contributed by atoms with van der Waals surface area (Å²) >= 11 is 5.98. The molecule has 1 aliphatic rings. The Kier molecular flexibility index (Phi) is 6.75. The SMILES string of the molecule is COc1cc(/C=C2/SC(=S)NC2=O)ccc1OCc1ccc(C(F)(F)F)cc1C(F)(F)F. The summed E-state index contributed by atoms with van der Waals surface area (Å²) in [7, 11) is 1.31. The average molecular weight is 493 g/mol. The molecule has 1 saturated heterocycles. The molecular formula is C20H13F6NO3S2. The Balaban J connectivity index is 1.85. The monoisotopic (exact) mass is 493 g/mol. The fourth-order valence-corrected chi connectivity index (χ4v) is 3.81. The van der Waals surface area contributed by atoms with Gasteiger partial charge in [-0.3, -0.25) is 4.79 Å². The van der Waals surface area contributed by atoms with Crippen LogP contribution in [0.25, 0.3) is 6.08 Å².